The number of carbonyl (C=O) groups excluding carboxylic acids is 1. The van der Waals surface area contributed by atoms with Crippen LogP contribution in [0.3, 0.4) is 0 Å². The number of rotatable bonds is 5. The van der Waals surface area contributed by atoms with E-state index in [-0.39, 0.29) is 11.7 Å². The van der Waals surface area contributed by atoms with Gasteiger partial charge in [-0.2, -0.15) is 0 Å². The highest BCUT2D eigenvalue weighted by Crippen LogP contribution is 2.18. The van der Waals surface area contributed by atoms with Crippen molar-refractivity contribution in [1.29, 1.82) is 0 Å². The molecule has 0 spiro atoms. The van der Waals surface area contributed by atoms with Crippen molar-refractivity contribution in [2.24, 2.45) is 0 Å². The first-order chi connectivity index (χ1) is 11.2. The predicted molar refractivity (Wildman–Crippen MR) is 90.1 cm³/mol. The molecule has 0 atom stereocenters. The Balaban J connectivity index is 1.55. The zero-order valence-corrected chi connectivity index (χ0v) is 13.3. The third-order valence-corrected chi connectivity index (χ3v) is 3.93. The molecule has 116 valence electrons. The minimum Gasteiger partial charge on any atom is -0.325 e. The Morgan fingerprint density at radius 1 is 1.17 bits per heavy atom. The average Bonchev–Trinajstić information content (AvgIpc) is 3.05. The number of thioether (sulfide) groups is 1. The van der Waals surface area contributed by atoms with Gasteiger partial charge in [-0.3, -0.25) is 14.9 Å². The van der Waals surface area contributed by atoms with Crippen molar-refractivity contribution in [3.05, 3.63) is 54.4 Å². The van der Waals surface area contributed by atoms with E-state index in [9.17, 15) is 4.79 Å². The largest absolute Gasteiger partial charge is 0.325 e. The Labute approximate surface area is 137 Å². The fourth-order valence-corrected chi connectivity index (χ4v) is 2.51. The van der Waals surface area contributed by atoms with E-state index in [1.54, 1.807) is 12.4 Å². The zero-order valence-electron chi connectivity index (χ0n) is 12.5. The number of benzene rings is 1. The SMILES string of the molecule is Cc1ccc(NC(=O)CSc2n[nH]c(-c3ccncc3)n2)cc1. The van der Waals surface area contributed by atoms with Crippen LogP contribution in [0, 0.1) is 6.92 Å². The summed E-state index contributed by atoms with van der Waals surface area (Å²) in [5, 5.41) is 10.4. The highest BCUT2D eigenvalue weighted by atomic mass is 32.2. The van der Waals surface area contributed by atoms with Crippen molar-refractivity contribution in [2.75, 3.05) is 11.1 Å². The molecule has 2 aromatic heterocycles. The van der Waals surface area contributed by atoms with E-state index in [1.807, 2.05) is 43.3 Å². The molecule has 0 radical (unpaired) electrons. The summed E-state index contributed by atoms with van der Waals surface area (Å²) in [5.41, 5.74) is 2.85. The van der Waals surface area contributed by atoms with E-state index < -0.39 is 0 Å². The first kappa shape index (κ1) is 15.2. The molecular formula is C16H15N5OS. The van der Waals surface area contributed by atoms with Crippen LogP contribution in [0.5, 0.6) is 0 Å². The van der Waals surface area contributed by atoms with Gasteiger partial charge in [-0.15, -0.1) is 5.10 Å². The summed E-state index contributed by atoms with van der Waals surface area (Å²) in [6.45, 7) is 2.01. The van der Waals surface area contributed by atoms with Crippen molar-refractivity contribution < 1.29 is 4.79 Å². The lowest BCUT2D eigenvalue weighted by molar-refractivity contribution is -0.113. The fourth-order valence-electron chi connectivity index (χ4n) is 1.91. The maximum Gasteiger partial charge on any atom is 0.234 e. The minimum atomic E-state index is -0.0888. The summed E-state index contributed by atoms with van der Waals surface area (Å²) in [7, 11) is 0. The summed E-state index contributed by atoms with van der Waals surface area (Å²) in [6, 6.07) is 11.4. The standard InChI is InChI=1S/C16H15N5OS/c1-11-2-4-13(5-3-11)18-14(22)10-23-16-19-15(20-21-16)12-6-8-17-9-7-12/h2-9H,10H2,1H3,(H,18,22)(H,19,20,21). The number of hydrogen-bond acceptors (Lipinski definition) is 5. The molecular weight excluding hydrogens is 310 g/mol. The van der Waals surface area contributed by atoms with Crippen molar-refractivity contribution in [3.63, 3.8) is 0 Å². The third-order valence-electron chi connectivity index (χ3n) is 3.09. The Morgan fingerprint density at radius 3 is 2.65 bits per heavy atom. The molecule has 7 heteroatoms. The lowest BCUT2D eigenvalue weighted by atomic mass is 10.2. The van der Waals surface area contributed by atoms with Crippen LogP contribution in [-0.2, 0) is 4.79 Å². The summed E-state index contributed by atoms with van der Waals surface area (Å²) >= 11 is 1.29. The number of H-pyrrole nitrogens is 1. The number of hydrogen-bond donors (Lipinski definition) is 2. The number of amides is 1. The molecule has 23 heavy (non-hydrogen) atoms. The highest BCUT2D eigenvalue weighted by molar-refractivity contribution is 7.99. The van der Waals surface area contributed by atoms with E-state index in [0.29, 0.717) is 11.0 Å². The van der Waals surface area contributed by atoms with Crippen LogP contribution in [0.15, 0.2) is 53.9 Å². The summed E-state index contributed by atoms with van der Waals surface area (Å²) in [5.74, 6) is 0.824. The minimum absolute atomic E-state index is 0.0888. The van der Waals surface area contributed by atoms with Crippen molar-refractivity contribution in [3.8, 4) is 11.4 Å². The number of carbonyl (C=O) groups is 1. The van der Waals surface area contributed by atoms with E-state index in [4.69, 9.17) is 0 Å². The van der Waals surface area contributed by atoms with Gasteiger partial charge in [0.05, 0.1) is 5.75 Å². The highest BCUT2D eigenvalue weighted by Gasteiger charge is 2.09. The normalized spacial score (nSPS) is 10.5. The molecule has 1 aromatic carbocycles. The Hall–Kier alpha value is -2.67. The van der Waals surface area contributed by atoms with Gasteiger partial charge in [0.1, 0.15) is 0 Å². The molecule has 3 rings (SSSR count). The number of anilines is 1. The van der Waals surface area contributed by atoms with E-state index in [0.717, 1.165) is 16.8 Å². The molecule has 1 amide bonds. The van der Waals surface area contributed by atoms with Crippen LogP contribution in [0.2, 0.25) is 0 Å². The van der Waals surface area contributed by atoms with Gasteiger partial charge in [0.2, 0.25) is 11.1 Å². The second kappa shape index (κ2) is 7.06. The Bertz CT molecular complexity index is 786. The molecule has 0 aliphatic heterocycles. The number of aryl methyl sites for hydroxylation is 1. The van der Waals surface area contributed by atoms with Crippen LogP contribution in [0.4, 0.5) is 5.69 Å². The first-order valence-electron chi connectivity index (χ1n) is 7.03. The Kier molecular flexibility index (Phi) is 4.68. The van der Waals surface area contributed by atoms with Crippen LogP contribution in [0.25, 0.3) is 11.4 Å². The zero-order chi connectivity index (χ0) is 16.1. The molecule has 0 aliphatic rings. The molecule has 0 saturated heterocycles. The van der Waals surface area contributed by atoms with Crippen LogP contribution < -0.4 is 5.32 Å². The Morgan fingerprint density at radius 2 is 1.91 bits per heavy atom. The molecule has 0 saturated carbocycles. The number of aromatic nitrogens is 4. The molecule has 3 aromatic rings. The molecule has 0 unspecified atom stereocenters. The monoisotopic (exact) mass is 325 g/mol. The molecule has 2 heterocycles. The lowest BCUT2D eigenvalue weighted by Crippen LogP contribution is -2.14. The van der Waals surface area contributed by atoms with Crippen molar-refractivity contribution >= 4 is 23.4 Å². The summed E-state index contributed by atoms with van der Waals surface area (Å²) < 4.78 is 0. The maximum atomic E-state index is 11.9. The molecule has 6 nitrogen and oxygen atoms in total. The number of pyridine rings is 1. The van der Waals surface area contributed by atoms with Crippen molar-refractivity contribution in [1.82, 2.24) is 20.2 Å². The predicted octanol–water partition coefficient (Wildman–Crippen LogP) is 2.91. The van der Waals surface area contributed by atoms with Gasteiger partial charge in [-0.1, -0.05) is 29.5 Å². The van der Waals surface area contributed by atoms with Gasteiger partial charge in [-0.05, 0) is 31.2 Å². The number of aromatic amines is 1. The van der Waals surface area contributed by atoms with Crippen LogP contribution in [-0.4, -0.2) is 31.8 Å². The second-order valence-corrected chi connectivity index (χ2v) is 5.85. The molecule has 0 bridgehead atoms. The van der Waals surface area contributed by atoms with E-state index in [2.05, 4.69) is 25.5 Å². The van der Waals surface area contributed by atoms with Crippen molar-refractivity contribution in [2.45, 2.75) is 12.1 Å². The van der Waals surface area contributed by atoms with Gasteiger partial charge in [0.25, 0.3) is 0 Å². The van der Waals surface area contributed by atoms with Crippen LogP contribution >= 0.6 is 11.8 Å². The van der Waals surface area contributed by atoms with Gasteiger partial charge < -0.3 is 5.32 Å². The fraction of sp³-hybridized carbons (Fsp3) is 0.125. The molecule has 2 N–H and O–H groups in total. The van der Waals surface area contributed by atoms with Gasteiger partial charge >= 0.3 is 0 Å². The van der Waals surface area contributed by atoms with E-state index >= 15 is 0 Å². The van der Waals surface area contributed by atoms with Gasteiger partial charge in [-0.25, -0.2) is 4.98 Å². The lowest BCUT2D eigenvalue weighted by Gasteiger charge is -2.04. The smallest absolute Gasteiger partial charge is 0.234 e. The van der Waals surface area contributed by atoms with Gasteiger partial charge in [0, 0.05) is 23.6 Å². The topological polar surface area (TPSA) is 83.6 Å². The third kappa shape index (κ3) is 4.17. The maximum absolute atomic E-state index is 11.9. The molecule has 0 aliphatic carbocycles. The summed E-state index contributed by atoms with van der Waals surface area (Å²) in [6.07, 6.45) is 3.39. The summed E-state index contributed by atoms with van der Waals surface area (Å²) in [4.78, 5) is 20.3. The number of nitrogens with zero attached hydrogens (tertiary/aromatic N) is 3. The van der Waals surface area contributed by atoms with E-state index in [1.165, 1.54) is 11.8 Å². The van der Waals surface area contributed by atoms with Gasteiger partial charge in [0.15, 0.2) is 5.82 Å². The molecule has 0 fully saturated rings. The number of nitrogens with one attached hydrogen (secondary N) is 2. The first-order valence-corrected chi connectivity index (χ1v) is 8.01. The average molecular weight is 325 g/mol. The quantitative estimate of drug-likeness (QED) is 0.705. The van der Waals surface area contributed by atoms with Crippen LogP contribution in [0.1, 0.15) is 5.56 Å². The second-order valence-electron chi connectivity index (χ2n) is 4.91.